The van der Waals surface area contributed by atoms with Gasteiger partial charge in [0.2, 0.25) is 0 Å². The average molecular weight is 197 g/mol. The van der Waals surface area contributed by atoms with Crippen LogP contribution in [0.25, 0.3) is 0 Å². The zero-order valence-electron chi connectivity index (χ0n) is 8.30. The number of hydrogen-bond acceptors (Lipinski definition) is 3. The van der Waals surface area contributed by atoms with E-state index < -0.39 is 5.54 Å². The fourth-order valence-corrected chi connectivity index (χ4v) is 2.21. The van der Waals surface area contributed by atoms with E-state index in [0.717, 1.165) is 25.9 Å². The standard InChI is InChI=1S/C9H15N3O2/c1-2-4-12-5-3-9(6-12)7(13)10-8(14)11-9/h2-6H2,1H3,(H2,10,11,13,14). The molecule has 1 spiro atoms. The number of carbonyl (C=O) groups is 2. The number of rotatable bonds is 2. The molecule has 2 heterocycles. The first-order valence-electron chi connectivity index (χ1n) is 5.02. The van der Waals surface area contributed by atoms with Crippen LogP contribution in [0.1, 0.15) is 19.8 Å². The van der Waals surface area contributed by atoms with Crippen LogP contribution in [0.5, 0.6) is 0 Å². The molecule has 3 amide bonds. The van der Waals surface area contributed by atoms with Crippen molar-refractivity contribution in [2.45, 2.75) is 25.3 Å². The monoisotopic (exact) mass is 197 g/mol. The van der Waals surface area contributed by atoms with E-state index in [1.807, 2.05) is 0 Å². The molecule has 1 atom stereocenters. The van der Waals surface area contributed by atoms with Crippen LogP contribution in [0.4, 0.5) is 4.79 Å². The Morgan fingerprint density at radius 1 is 1.50 bits per heavy atom. The summed E-state index contributed by atoms with van der Waals surface area (Å²) >= 11 is 0. The van der Waals surface area contributed by atoms with Crippen LogP contribution in [-0.4, -0.2) is 42.0 Å². The van der Waals surface area contributed by atoms with Gasteiger partial charge in [0.25, 0.3) is 5.91 Å². The molecular formula is C9H15N3O2. The Morgan fingerprint density at radius 2 is 2.29 bits per heavy atom. The molecule has 0 aromatic carbocycles. The summed E-state index contributed by atoms with van der Waals surface area (Å²) in [6, 6.07) is -0.353. The summed E-state index contributed by atoms with van der Waals surface area (Å²) in [5, 5.41) is 5.02. The van der Waals surface area contributed by atoms with Crippen LogP contribution in [-0.2, 0) is 4.79 Å². The minimum atomic E-state index is -0.633. The lowest BCUT2D eigenvalue weighted by atomic mass is 10.00. The fraction of sp³-hybridized carbons (Fsp3) is 0.778. The third-order valence-corrected chi connectivity index (χ3v) is 2.90. The number of likely N-dealkylation sites (tertiary alicyclic amines) is 1. The summed E-state index contributed by atoms with van der Waals surface area (Å²) in [6.45, 7) is 4.64. The lowest BCUT2D eigenvalue weighted by Gasteiger charge is -2.20. The summed E-state index contributed by atoms with van der Waals surface area (Å²) in [5.74, 6) is -0.166. The van der Waals surface area contributed by atoms with Crippen LogP contribution >= 0.6 is 0 Å². The van der Waals surface area contributed by atoms with E-state index in [9.17, 15) is 9.59 Å². The third-order valence-electron chi connectivity index (χ3n) is 2.90. The largest absolute Gasteiger partial charge is 0.322 e. The van der Waals surface area contributed by atoms with Crippen LogP contribution in [0.3, 0.4) is 0 Å². The Bertz CT molecular complexity index is 279. The Labute approximate surface area is 82.8 Å². The molecule has 1 unspecified atom stereocenters. The van der Waals surface area contributed by atoms with E-state index in [-0.39, 0.29) is 11.9 Å². The first-order valence-corrected chi connectivity index (χ1v) is 5.02. The molecule has 2 fully saturated rings. The zero-order valence-corrected chi connectivity index (χ0v) is 8.30. The van der Waals surface area contributed by atoms with E-state index >= 15 is 0 Å². The van der Waals surface area contributed by atoms with Crippen molar-refractivity contribution < 1.29 is 9.59 Å². The average Bonchev–Trinajstić information content (AvgIpc) is 2.61. The second-order valence-corrected chi connectivity index (χ2v) is 4.02. The third kappa shape index (κ3) is 1.37. The fourth-order valence-electron chi connectivity index (χ4n) is 2.21. The first kappa shape index (κ1) is 9.45. The summed E-state index contributed by atoms with van der Waals surface area (Å²) < 4.78 is 0. The first-order chi connectivity index (χ1) is 6.66. The highest BCUT2D eigenvalue weighted by atomic mass is 16.2. The number of urea groups is 1. The van der Waals surface area contributed by atoms with Crippen molar-refractivity contribution >= 4 is 11.9 Å². The molecule has 2 rings (SSSR count). The summed E-state index contributed by atoms with van der Waals surface area (Å²) in [5.41, 5.74) is -0.633. The van der Waals surface area contributed by atoms with Gasteiger partial charge in [0, 0.05) is 13.1 Å². The number of nitrogens with one attached hydrogen (secondary N) is 2. The van der Waals surface area contributed by atoms with Gasteiger partial charge in [-0.05, 0) is 19.4 Å². The molecule has 5 heteroatoms. The topological polar surface area (TPSA) is 61.4 Å². The molecule has 0 bridgehead atoms. The second kappa shape index (κ2) is 3.24. The summed E-state index contributed by atoms with van der Waals surface area (Å²) in [6.07, 6.45) is 1.80. The van der Waals surface area contributed by atoms with Gasteiger partial charge in [-0.15, -0.1) is 0 Å². The zero-order chi connectivity index (χ0) is 10.2. The highest BCUT2D eigenvalue weighted by molar-refractivity contribution is 6.07. The number of imide groups is 1. The normalized spacial score (nSPS) is 32.4. The smallest absolute Gasteiger partial charge is 0.322 e. The minimum Gasteiger partial charge on any atom is -0.322 e. The van der Waals surface area contributed by atoms with Gasteiger partial charge in [-0.1, -0.05) is 6.92 Å². The van der Waals surface area contributed by atoms with Gasteiger partial charge in [-0.2, -0.15) is 0 Å². The Hall–Kier alpha value is -1.10. The Balaban J connectivity index is 2.05. The van der Waals surface area contributed by atoms with E-state index in [2.05, 4.69) is 22.5 Å². The van der Waals surface area contributed by atoms with Crippen molar-refractivity contribution in [3.63, 3.8) is 0 Å². The lowest BCUT2D eigenvalue weighted by molar-refractivity contribution is -0.123. The Kier molecular flexibility index (Phi) is 2.19. The molecule has 0 saturated carbocycles. The van der Waals surface area contributed by atoms with E-state index in [4.69, 9.17) is 0 Å². The van der Waals surface area contributed by atoms with Crippen LogP contribution < -0.4 is 10.6 Å². The van der Waals surface area contributed by atoms with E-state index in [0.29, 0.717) is 6.54 Å². The molecule has 78 valence electrons. The Morgan fingerprint density at radius 3 is 2.86 bits per heavy atom. The van der Waals surface area contributed by atoms with E-state index in [1.165, 1.54) is 0 Å². The van der Waals surface area contributed by atoms with Crippen molar-refractivity contribution in [2.75, 3.05) is 19.6 Å². The molecule has 0 aromatic rings. The van der Waals surface area contributed by atoms with Gasteiger partial charge in [0.1, 0.15) is 5.54 Å². The predicted octanol–water partition coefficient (Wildman–Crippen LogP) is -0.320. The van der Waals surface area contributed by atoms with Gasteiger partial charge in [0.15, 0.2) is 0 Å². The summed E-state index contributed by atoms with van der Waals surface area (Å²) in [4.78, 5) is 24.8. The predicted molar refractivity (Wildman–Crippen MR) is 50.8 cm³/mol. The number of nitrogens with zero attached hydrogens (tertiary/aromatic N) is 1. The molecule has 0 aromatic heterocycles. The van der Waals surface area contributed by atoms with Crippen LogP contribution in [0, 0.1) is 0 Å². The number of carbonyl (C=O) groups excluding carboxylic acids is 2. The molecule has 2 saturated heterocycles. The quantitative estimate of drug-likeness (QED) is 0.596. The maximum absolute atomic E-state index is 11.5. The molecule has 5 nitrogen and oxygen atoms in total. The highest BCUT2D eigenvalue weighted by Crippen LogP contribution is 2.24. The van der Waals surface area contributed by atoms with Crippen LogP contribution in [0.15, 0.2) is 0 Å². The molecule has 0 aliphatic carbocycles. The summed E-state index contributed by atoms with van der Waals surface area (Å²) in [7, 11) is 0. The van der Waals surface area contributed by atoms with Crippen LogP contribution in [0.2, 0.25) is 0 Å². The molecular weight excluding hydrogens is 182 g/mol. The van der Waals surface area contributed by atoms with Crippen molar-refractivity contribution in [3.05, 3.63) is 0 Å². The second-order valence-electron chi connectivity index (χ2n) is 4.02. The number of amides is 3. The van der Waals surface area contributed by atoms with E-state index in [1.54, 1.807) is 0 Å². The molecule has 2 aliphatic heterocycles. The van der Waals surface area contributed by atoms with Gasteiger partial charge >= 0.3 is 6.03 Å². The van der Waals surface area contributed by atoms with Gasteiger partial charge < -0.3 is 10.2 Å². The SMILES string of the molecule is CCCN1CCC2(C1)NC(=O)NC2=O. The molecule has 2 N–H and O–H groups in total. The lowest BCUT2D eigenvalue weighted by Crippen LogP contribution is -2.49. The highest BCUT2D eigenvalue weighted by Gasteiger charge is 2.50. The maximum Gasteiger partial charge on any atom is 0.322 e. The van der Waals surface area contributed by atoms with Gasteiger partial charge in [0.05, 0.1) is 0 Å². The van der Waals surface area contributed by atoms with Crippen molar-refractivity contribution in [1.29, 1.82) is 0 Å². The molecule has 14 heavy (non-hydrogen) atoms. The maximum atomic E-state index is 11.5. The molecule has 0 radical (unpaired) electrons. The van der Waals surface area contributed by atoms with Gasteiger partial charge in [-0.3, -0.25) is 10.1 Å². The molecule has 2 aliphatic rings. The van der Waals surface area contributed by atoms with Gasteiger partial charge in [-0.25, -0.2) is 4.79 Å². The van der Waals surface area contributed by atoms with Crippen molar-refractivity contribution in [1.82, 2.24) is 15.5 Å². The minimum absolute atomic E-state index is 0.166. The van der Waals surface area contributed by atoms with Crippen molar-refractivity contribution in [3.8, 4) is 0 Å². The van der Waals surface area contributed by atoms with Crippen molar-refractivity contribution in [2.24, 2.45) is 0 Å². The number of hydrogen-bond donors (Lipinski definition) is 2.